The first kappa shape index (κ1) is 11.2. The quantitative estimate of drug-likeness (QED) is 0.863. The zero-order valence-corrected chi connectivity index (χ0v) is 11.2. The van der Waals surface area contributed by atoms with Gasteiger partial charge in [-0.3, -0.25) is 10.1 Å². The Balaban J connectivity index is 1.85. The molecule has 3 nitrogen and oxygen atoms in total. The lowest BCUT2D eigenvalue weighted by molar-refractivity contribution is 0.0628. The molecule has 0 aromatic heterocycles. The number of nitrogens with one attached hydrogen (secondary N) is 1. The molecule has 4 heteroatoms. The number of hydrogen-bond acceptors (Lipinski definition) is 2. The van der Waals surface area contributed by atoms with Crippen molar-refractivity contribution in [1.82, 2.24) is 10.2 Å². The van der Waals surface area contributed by atoms with Gasteiger partial charge in [-0.05, 0) is 49.6 Å². The smallest absolute Gasteiger partial charge is 0.255 e. The third-order valence-electron chi connectivity index (χ3n) is 3.56. The van der Waals surface area contributed by atoms with E-state index in [-0.39, 0.29) is 12.1 Å². The lowest BCUT2D eigenvalue weighted by Crippen LogP contribution is -2.48. The maximum absolute atomic E-state index is 12.3. The second-order valence-corrected chi connectivity index (χ2v) is 5.62. The lowest BCUT2D eigenvalue weighted by Gasteiger charge is -2.31. The summed E-state index contributed by atoms with van der Waals surface area (Å²) in [4.78, 5) is 14.2. The molecule has 2 aliphatic rings. The van der Waals surface area contributed by atoms with Gasteiger partial charge >= 0.3 is 0 Å². The lowest BCUT2D eigenvalue weighted by atomic mass is 10.1. The van der Waals surface area contributed by atoms with Crippen LogP contribution < -0.4 is 5.32 Å². The monoisotopic (exact) mass is 294 g/mol. The molecule has 1 amide bonds. The van der Waals surface area contributed by atoms with Gasteiger partial charge in [-0.15, -0.1) is 0 Å². The van der Waals surface area contributed by atoms with Crippen LogP contribution in [-0.2, 0) is 6.54 Å². The normalized spacial score (nSPS) is 23.9. The molecule has 0 saturated carbocycles. The molecule has 1 aromatic carbocycles. The molecule has 0 bridgehead atoms. The van der Waals surface area contributed by atoms with Crippen molar-refractivity contribution >= 4 is 21.8 Å². The number of amides is 1. The van der Waals surface area contributed by atoms with Gasteiger partial charge in [0.1, 0.15) is 0 Å². The van der Waals surface area contributed by atoms with Crippen molar-refractivity contribution < 1.29 is 4.79 Å². The number of benzene rings is 1. The zero-order valence-electron chi connectivity index (χ0n) is 9.58. The van der Waals surface area contributed by atoms with E-state index in [2.05, 4.69) is 27.3 Å². The minimum absolute atomic E-state index is 0.173. The van der Waals surface area contributed by atoms with Gasteiger partial charge in [-0.1, -0.05) is 15.9 Å². The van der Waals surface area contributed by atoms with Crippen molar-refractivity contribution in [2.24, 2.45) is 0 Å². The molecule has 1 unspecified atom stereocenters. The van der Waals surface area contributed by atoms with Gasteiger partial charge in [0.25, 0.3) is 5.91 Å². The number of nitrogens with zero attached hydrogens (tertiary/aromatic N) is 1. The summed E-state index contributed by atoms with van der Waals surface area (Å²) in [6.07, 6.45) is 3.72. The van der Waals surface area contributed by atoms with E-state index in [1.807, 2.05) is 17.0 Å². The van der Waals surface area contributed by atoms with E-state index in [0.717, 1.165) is 35.1 Å². The Hall–Kier alpha value is -0.870. The molecule has 0 aliphatic carbocycles. The topological polar surface area (TPSA) is 32.3 Å². The number of rotatable bonds is 1. The first-order valence-corrected chi connectivity index (χ1v) is 6.88. The van der Waals surface area contributed by atoms with Crippen LogP contribution in [0.15, 0.2) is 22.7 Å². The Labute approximate surface area is 109 Å². The van der Waals surface area contributed by atoms with Gasteiger partial charge in [-0.25, -0.2) is 0 Å². The van der Waals surface area contributed by atoms with Crippen molar-refractivity contribution in [3.63, 3.8) is 0 Å². The molecular formula is C13H15BrN2O. The molecule has 0 spiro atoms. The molecule has 1 fully saturated rings. The minimum atomic E-state index is 0.173. The maximum Gasteiger partial charge on any atom is 0.255 e. The molecule has 1 saturated heterocycles. The van der Waals surface area contributed by atoms with Gasteiger partial charge in [0.15, 0.2) is 0 Å². The van der Waals surface area contributed by atoms with Crippen LogP contribution in [0.3, 0.4) is 0 Å². The SMILES string of the molecule is O=C1c2ccc(Br)cc2CN1C1CCCCN1. The minimum Gasteiger partial charge on any atom is -0.319 e. The number of fused-ring (bicyclic) bond motifs is 1. The van der Waals surface area contributed by atoms with E-state index < -0.39 is 0 Å². The van der Waals surface area contributed by atoms with Crippen LogP contribution in [0.4, 0.5) is 0 Å². The Morgan fingerprint density at radius 2 is 2.24 bits per heavy atom. The Kier molecular flexibility index (Phi) is 2.92. The van der Waals surface area contributed by atoms with Gasteiger partial charge < -0.3 is 4.90 Å². The molecule has 1 N–H and O–H groups in total. The molecule has 2 aliphatic heterocycles. The first-order chi connectivity index (χ1) is 8.25. The number of hydrogen-bond donors (Lipinski definition) is 1. The number of piperidine rings is 1. The zero-order chi connectivity index (χ0) is 11.8. The van der Waals surface area contributed by atoms with E-state index in [0.29, 0.717) is 0 Å². The van der Waals surface area contributed by atoms with Crippen LogP contribution in [-0.4, -0.2) is 23.5 Å². The molecule has 90 valence electrons. The Morgan fingerprint density at radius 3 is 3.00 bits per heavy atom. The molecule has 1 atom stereocenters. The van der Waals surface area contributed by atoms with Crippen LogP contribution in [0, 0.1) is 0 Å². The third-order valence-corrected chi connectivity index (χ3v) is 4.05. The van der Waals surface area contributed by atoms with Crippen molar-refractivity contribution in [2.75, 3.05) is 6.54 Å². The fraction of sp³-hybridized carbons (Fsp3) is 0.462. The van der Waals surface area contributed by atoms with Gasteiger partial charge in [0.05, 0.1) is 6.17 Å². The van der Waals surface area contributed by atoms with E-state index in [1.54, 1.807) is 0 Å². The molecule has 0 radical (unpaired) electrons. The predicted molar refractivity (Wildman–Crippen MR) is 69.7 cm³/mol. The average molecular weight is 295 g/mol. The van der Waals surface area contributed by atoms with Crippen molar-refractivity contribution in [3.05, 3.63) is 33.8 Å². The van der Waals surface area contributed by atoms with Crippen LogP contribution in [0.5, 0.6) is 0 Å². The van der Waals surface area contributed by atoms with Gasteiger partial charge in [-0.2, -0.15) is 0 Å². The summed E-state index contributed by atoms with van der Waals surface area (Å²) in [7, 11) is 0. The van der Waals surface area contributed by atoms with Crippen molar-refractivity contribution in [3.8, 4) is 0 Å². The van der Waals surface area contributed by atoms with E-state index in [4.69, 9.17) is 0 Å². The van der Waals surface area contributed by atoms with Crippen molar-refractivity contribution in [2.45, 2.75) is 32.0 Å². The van der Waals surface area contributed by atoms with Crippen LogP contribution >= 0.6 is 15.9 Å². The van der Waals surface area contributed by atoms with Crippen LogP contribution in [0.25, 0.3) is 0 Å². The summed E-state index contributed by atoms with van der Waals surface area (Å²) in [5.74, 6) is 0.173. The fourth-order valence-corrected chi connectivity index (χ4v) is 3.07. The molecule has 3 rings (SSSR count). The summed E-state index contributed by atoms with van der Waals surface area (Å²) in [5.41, 5.74) is 2.00. The van der Waals surface area contributed by atoms with Crippen molar-refractivity contribution in [1.29, 1.82) is 0 Å². The van der Waals surface area contributed by atoms with E-state index in [1.165, 1.54) is 12.8 Å². The van der Waals surface area contributed by atoms with E-state index in [9.17, 15) is 4.79 Å². The van der Waals surface area contributed by atoms with E-state index >= 15 is 0 Å². The standard InChI is InChI=1S/C13H15BrN2O/c14-10-4-5-11-9(7-10)8-16(13(11)17)12-3-1-2-6-15-12/h4-5,7,12,15H,1-3,6,8H2. The Morgan fingerprint density at radius 1 is 1.35 bits per heavy atom. The summed E-state index contributed by atoms with van der Waals surface area (Å²) in [6.45, 7) is 1.76. The number of carbonyl (C=O) groups is 1. The Bertz CT molecular complexity index is 455. The van der Waals surface area contributed by atoms with Crippen LogP contribution in [0.1, 0.15) is 35.2 Å². The highest BCUT2D eigenvalue weighted by Crippen LogP contribution is 2.28. The highest BCUT2D eigenvalue weighted by molar-refractivity contribution is 9.10. The molecule has 2 heterocycles. The summed E-state index contributed by atoms with van der Waals surface area (Å²) >= 11 is 3.46. The second-order valence-electron chi connectivity index (χ2n) is 4.70. The van der Waals surface area contributed by atoms with Gasteiger partial charge in [0, 0.05) is 16.6 Å². The van der Waals surface area contributed by atoms with Crippen LogP contribution in [0.2, 0.25) is 0 Å². The highest BCUT2D eigenvalue weighted by atomic mass is 79.9. The average Bonchev–Trinajstić information content (AvgIpc) is 2.67. The number of halogens is 1. The third kappa shape index (κ3) is 2.00. The largest absolute Gasteiger partial charge is 0.319 e. The maximum atomic E-state index is 12.3. The summed E-state index contributed by atoms with van der Waals surface area (Å²) < 4.78 is 1.04. The van der Waals surface area contributed by atoms with Gasteiger partial charge in [0.2, 0.25) is 0 Å². The fourth-order valence-electron chi connectivity index (χ4n) is 2.66. The number of carbonyl (C=O) groups excluding carboxylic acids is 1. The summed E-state index contributed by atoms with van der Waals surface area (Å²) in [5, 5.41) is 3.43. The molecule has 17 heavy (non-hydrogen) atoms. The second kappa shape index (κ2) is 4.42. The predicted octanol–water partition coefficient (Wildman–Crippen LogP) is 2.50. The highest BCUT2D eigenvalue weighted by Gasteiger charge is 2.32. The molecular weight excluding hydrogens is 280 g/mol. The molecule has 1 aromatic rings. The first-order valence-electron chi connectivity index (χ1n) is 6.08. The summed E-state index contributed by atoms with van der Waals surface area (Å²) in [6, 6.07) is 5.91.